The van der Waals surface area contributed by atoms with Gasteiger partial charge in [0.2, 0.25) is 0 Å². The van der Waals surface area contributed by atoms with Crippen LogP contribution in [0.15, 0.2) is 36.7 Å². The van der Waals surface area contributed by atoms with Crippen LogP contribution < -0.4 is 10.1 Å². The van der Waals surface area contributed by atoms with E-state index in [4.69, 9.17) is 11.3 Å². The van der Waals surface area contributed by atoms with Crippen molar-refractivity contribution in [2.24, 2.45) is 0 Å². The van der Waals surface area contributed by atoms with E-state index < -0.39 is 0 Å². The van der Waals surface area contributed by atoms with Crippen LogP contribution >= 0.6 is 0 Å². The van der Waals surface area contributed by atoms with Crippen molar-refractivity contribution in [3.05, 3.63) is 53.6 Å². The van der Waals surface area contributed by atoms with Gasteiger partial charge < -0.3 is 14.9 Å². The SMILES string of the molecule is [C-]#[N+]c1cnc(Nc2cc(-c3ccc(CN4CCCC4)cc3OC)[nH]n2)cn1. The number of anilines is 2. The van der Waals surface area contributed by atoms with Crippen LogP contribution in [-0.4, -0.2) is 45.3 Å². The summed E-state index contributed by atoms with van der Waals surface area (Å²) in [7, 11) is 1.68. The van der Waals surface area contributed by atoms with Gasteiger partial charge >= 0.3 is 0 Å². The Morgan fingerprint density at radius 2 is 2.04 bits per heavy atom. The van der Waals surface area contributed by atoms with E-state index in [1.165, 1.54) is 43.9 Å². The van der Waals surface area contributed by atoms with Gasteiger partial charge in [0, 0.05) is 18.2 Å². The predicted molar refractivity (Wildman–Crippen MR) is 107 cm³/mol. The molecule has 8 nitrogen and oxygen atoms in total. The molecule has 1 saturated heterocycles. The third kappa shape index (κ3) is 3.94. The van der Waals surface area contributed by atoms with Crippen LogP contribution in [0.4, 0.5) is 17.5 Å². The zero-order chi connectivity index (χ0) is 19.3. The molecule has 2 N–H and O–H groups in total. The summed E-state index contributed by atoms with van der Waals surface area (Å²) < 4.78 is 5.62. The highest BCUT2D eigenvalue weighted by molar-refractivity contribution is 5.71. The van der Waals surface area contributed by atoms with Crippen LogP contribution in [0.3, 0.4) is 0 Å². The molecule has 3 heterocycles. The molecular weight excluding hydrogens is 354 g/mol. The van der Waals surface area contributed by atoms with Crippen molar-refractivity contribution in [3.8, 4) is 17.0 Å². The maximum atomic E-state index is 6.92. The van der Waals surface area contributed by atoms with E-state index in [0.29, 0.717) is 11.6 Å². The maximum Gasteiger partial charge on any atom is 0.288 e. The van der Waals surface area contributed by atoms with E-state index in [-0.39, 0.29) is 5.82 Å². The van der Waals surface area contributed by atoms with E-state index in [9.17, 15) is 0 Å². The second kappa shape index (κ2) is 8.06. The topological polar surface area (TPSA) is 83.3 Å². The zero-order valence-corrected chi connectivity index (χ0v) is 15.6. The molecule has 0 bridgehead atoms. The molecule has 0 unspecified atom stereocenters. The number of ether oxygens (including phenoxy) is 1. The molecule has 8 heteroatoms. The molecule has 28 heavy (non-hydrogen) atoms. The minimum Gasteiger partial charge on any atom is -0.496 e. The molecule has 0 aliphatic carbocycles. The lowest BCUT2D eigenvalue weighted by molar-refractivity contribution is 0.330. The molecule has 142 valence electrons. The second-order valence-corrected chi connectivity index (χ2v) is 6.68. The van der Waals surface area contributed by atoms with Gasteiger partial charge in [-0.1, -0.05) is 12.6 Å². The summed E-state index contributed by atoms with van der Waals surface area (Å²) in [5, 5.41) is 10.4. The fourth-order valence-electron chi connectivity index (χ4n) is 3.35. The Morgan fingerprint density at radius 3 is 2.75 bits per heavy atom. The van der Waals surface area contributed by atoms with Gasteiger partial charge in [-0.15, -0.1) is 4.98 Å². The molecule has 0 spiro atoms. The standard InChI is InChI=1S/C20H21N7O/c1-21-19-11-23-20(12-22-19)24-18-10-16(25-26-18)15-6-5-14(9-17(15)28-2)13-27-7-3-4-8-27/h5-6,9-12H,3-4,7-8,13H2,2H3,(H2,23,24,25,26). The maximum absolute atomic E-state index is 6.92. The van der Waals surface area contributed by atoms with E-state index in [2.05, 4.69) is 53.4 Å². The smallest absolute Gasteiger partial charge is 0.288 e. The summed E-state index contributed by atoms with van der Waals surface area (Å²) in [5.41, 5.74) is 3.04. The van der Waals surface area contributed by atoms with Gasteiger partial charge in [-0.2, -0.15) is 5.10 Å². The Morgan fingerprint density at radius 1 is 1.18 bits per heavy atom. The van der Waals surface area contributed by atoms with E-state index in [1.54, 1.807) is 7.11 Å². The van der Waals surface area contributed by atoms with Gasteiger partial charge in [-0.3, -0.25) is 10.00 Å². The Labute approximate surface area is 163 Å². The Kier molecular flexibility index (Phi) is 5.17. The number of H-pyrrole nitrogens is 1. The zero-order valence-electron chi connectivity index (χ0n) is 15.6. The van der Waals surface area contributed by atoms with Gasteiger partial charge in [0.25, 0.3) is 5.82 Å². The predicted octanol–water partition coefficient (Wildman–Crippen LogP) is 3.77. The molecule has 1 fully saturated rings. The van der Waals surface area contributed by atoms with Crippen molar-refractivity contribution in [3.63, 3.8) is 0 Å². The molecule has 3 aromatic rings. The first-order valence-electron chi connectivity index (χ1n) is 9.17. The van der Waals surface area contributed by atoms with Crippen LogP contribution in [0.5, 0.6) is 5.75 Å². The van der Waals surface area contributed by atoms with Crippen molar-refractivity contribution in [2.75, 3.05) is 25.5 Å². The number of aromatic nitrogens is 4. The van der Waals surface area contributed by atoms with Crippen LogP contribution in [0.1, 0.15) is 18.4 Å². The highest BCUT2D eigenvalue weighted by atomic mass is 16.5. The summed E-state index contributed by atoms with van der Waals surface area (Å²) in [4.78, 5) is 13.8. The monoisotopic (exact) mass is 375 g/mol. The lowest BCUT2D eigenvalue weighted by atomic mass is 10.1. The molecular formula is C20H21N7O. The van der Waals surface area contributed by atoms with Crippen molar-refractivity contribution in [1.82, 2.24) is 25.1 Å². The molecule has 0 radical (unpaired) electrons. The fraction of sp³-hybridized carbons (Fsp3) is 0.300. The average molecular weight is 375 g/mol. The van der Waals surface area contributed by atoms with E-state index >= 15 is 0 Å². The Balaban J connectivity index is 1.51. The van der Waals surface area contributed by atoms with Crippen molar-refractivity contribution >= 4 is 17.5 Å². The van der Waals surface area contributed by atoms with Gasteiger partial charge in [0.05, 0.1) is 19.0 Å². The van der Waals surface area contributed by atoms with Gasteiger partial charge in [0.1, 0.15) is 5.75 Å². The summed E-state index contributed by atoms with van der Waals surface area (Å²) in [6.07, 6.45) is 5.49. The quantitative estimate of drug-likeness (QED) is 0.638. The third-order valence-electron chi connectivity index (χ3n) is 4.75. The van der Waals surface area contributed by atoms with Gasteiger partial charge in [0.15, 0.2) is 17.8 Å². The van der Waals surface area contributed by atoms with Crippen LogP contribution in [0.25, 0.3) is 16.1 Å². The number of nitrogens with one attached hydrogen (secondary N) is 2. The molecule has 0 amide bonds. The highest BCUT2D eigenvalue weighted by Crippen LogP contribution is 2.32. The van der Waals surface area contributed by atoms with Gasteiger partial charge in [-0.25, -0.2) is 4.98 Å². The van der Waals surface area contributed by atoms with E-state index in [0.717, 1.165) is 23.6 Å². The first kappa shape index (κ1) is 17.9. The van der Waals surface area contributed by atoms with Crippen LogP contribution in [-0.2, 0) is 6.54 Å². The summed E-state index contributed by atoms with van der Waals surface area (Å²) in [6.45, 7) is 10.2. The highest BCUT2D eigenvalue weighted by Gasteiger charge is 2.15. The lowest BCUT2D eigenvalue weighted by Crippen LogP contribution is -2.18. The van der Waals surface area contributed by atoms with Crippen molar-refractivity contribution < 1.29 is 4.74 Å². The number of rotatable bonds is 6. The Bertz CT molecular complexity index is 985. The lowest BCUT2D eigenvalue weighted by Gasteiger charge is -2.16. The molecule has 2 aromatic heterocycles. The molecule has 1 aliphatic rings. The minimum atomic E-state index is 0.257. The molecule has 1 aliphatic heterocycles. The van der Waals surface area contributed by atoms with Crippen LogP contribution in [0, 0.1) is 6.57 Å². The summed E-state index contributed by atoms with van der Waals surface area (Å²) >= 11 is 0. The molecule has 1 aromatic carbocycles. The summed E-state index contributed by atoms with van der Waals surface area (Å²) in [6, 6.07) is 8.18. The van der Waals surface area contributed by atoms with Gasteiger partial charge in [-0.05, 0) is 43.6 Å². The van der Waals surface area contributed by atoms with E-state index in [1.807, 2.05) is 6.07 Å². The average Bonchev–Trinajstić information content (AvgIpc) is 3.41. The fourth-order valence-corrected chi connectivity index (χ4v) is 3.35. The molecule has 0 saturated carbocycles. The second-order valence-electron chi connectivity index (χ2n) is 6.68. The first-order valence-corrected chi connectivity index (χ1v) is 9.17. The minimum absolute atomic E-state index is 0.257. The normalized spacial score (nSPS) is 14.0. The Hall–Kier alpha value is -3.44. The van der Waals surface area contributed by atoms with Crippen LogP contribution in [0.2, 0.25) is 0 Å². The first-order chi connectivity index (χ1) is 13.7. The van der Waals surface area contributed by atoms with Crippen molar-refractivity contribution in [1.29, 1.82) is 0 Å². The number of nitrogens with zero attached hydrogens (tertiary/aromatic N) is 5. The number of hydrogen-bond acceptors (Lipinski definition) is 6. The number of hydrogen-bond donors (Lipinski definition) is 2. The molecule has 4 rings (SSSR count). The number of likely N-dealkylation sites (tertiary alicyclic amines) is 1. The van der Waals surface area contributed by atoms with Crippen molar-refractivity contribution in [2.45, 2.75) is 19.4 Å². The largest absolute Gasteiger partial charge is 0.496 e. The molecule has 0 atom stereocenters. The number of benzene rings is 1. The number of methoxy groups -OCH3 is 1. The third-order valence-corrected chi connectivity index (χ3v) is 4.75. The number of aromatic amines is 1. The summed E-state index contributed by atoms with van der Waals surface area (Å²) in [5.74, 6) is 2.21.